The standard InChI is InChI=1S/C10H15N3/c1-2-9-11-10(13-12-9)8-4-6-3-7(6)5-8/h6-8H,2-5H2,1H3,(H,11,12,13). The molecule has 0 radical (unpaired) electrons. The molecule has 3 nitrogen and oxygen atoms in total. The lowest BCUT2D eigenvalue weighted by atomic mass is 10.0. The number of fused-ring (bicyclic) bond motifs is 1. The number of hydrogen-bond donors (Lipinski definition) is 1. The van der Waals surface area contributed by atoms with Gasteiger partial charge in [-0.2, -0.15) is 5.10 Å². The lowest BCUT2D eigenvalue weighted by molar-refractivity contribution is 0.591. The van der Waals surface area contributed by atoms with Crippen LogP contribution in [0.1, 0.15) is 43.8 Å². The van der Waals surface area contributed by atoms with Crippen LogP contribution < -0.4 is 0 Å². The first-order chi connectivity index (χ1) is 6.36. The number of hydrogen-bond acceptors (Lipinski definition) is 2. The summed E-state index contributed by atoms with van der Waals surface area (Å²) in [5, 5.41) is 7.29. The van der Waals surface area contributed by atoms with E-state index in [4.69, 9.17) is 0 Å². The van der Waals surface area contributed by atoms with Gasteiger partial charge in [0.15, 0.2) is 5.82 Å². The molecule has 2 aliphatic rings. The first-order valence-electron chi connectivity index (χ1n) is 5.28. The van der Waals surface area contributed by atoms with Gasteiger partial charge in [0.05, 0.1) is 0 Å². The van der Waals surface area contributed by atoms with Gasteiger partial charge in [-0.05, 0) is 31.1 Å². The second kappa shape index (κ2) is 2.56. The number of H-pyrrole nitrogens is 1. The van der Waals surface area contributed by atoms with Gasteiger partial charge in [0.1, 0.15) is 5.82 Å². The Bertz CT molecular complexity index is 308. The molecule has 1 heterocycles. The maximum Gasteiger partial charge on any atom is 0.153 e. The normalized spacial score (nSPS) is 36.2. The zero-order valence-corrected chi connectivity index (χ0v) is 7.95. The molecule has 1 aromatic heterocycles. The van der Waals surface area contributed by atoms with Gasteiger partial charge >= 0.3 is 0 Å². The lowest BCUT2D eigenvalue weighted by Crippen LogP contribution is -1.98. The van der Waals surface area contributed by atoms with Crippen molar-refractivity contribution in [1.29, 1.82) is 0 Å². The smallest absolute Gasteiger partial charge is 0.153 e. The third kappa shape index (κ3) is 1.18. The van der Waals surface area contributed by atoms with Crippen LogP contribution in [0.5, 0.6) is 0 Å². The van der Waals surface area contributed by atoms with E-state index in [0.29, 0.717) is 5.92 Å². The van der Waals surface area contributed by atoms with Gasteiger partial charge in [0.2, 0.25) is 0 Å². The van der Waals surface area contributed by atoms with Crippen molar-refractivity contribution in [3.05, 3.63) is 11.6 Å². The summed E-state index contributed by atoms with van der Waals surface area (Å²) in [5.41, 5.74) is 0. The van der Waals surface area contributed by atoms with E-state index in [1.54, 1.807) is 0 Å². The molecule has 0 aromatic carbocycles. The number of aryl methyl sites for hydroxylation is 1. The van der Waals surface area contributed by atoms with Crippen LogP contribution >= 0.6 is 0 Å². The van der Waals surface area contributed by atoms with Crippen LogP contribution in [0, 0.1) is 11.8 Å². The SMILES string of the molecule is CCc1nc(C2CC3CC3C2)n[nH]1. The molecule has 3 rings (SSSR count). The summed E-state index contributed by atoms with van der Waals surface area (Å²) >= 11 is 0. The van der Waals surface area contributed by atoms with E-state index in [1.807, 2.05) is 0 Å². The highest BCUT2D eigenvalue weighted by Gasteiger charge is 2.47. The number of nitrogens with one attached hydrogen (secondary N) is 1. The van der Waals surface area contributed by atoms with Crippen molar-refractivity contribution in [3.8, 4) is 0 Å². The first-order valence-corrected chi connectivity index (χ1v) is 5.28. The van der Waals surface area contributed by atoms with E-state index in [2.05, 4.69) is 22.1 Å². The number of aromatic nitrogens is 3. The maximum absolute atomic E-state index is 4.50. The molecule has 2 unspecified atom stereocenters. The van der Waals surface area contributed by atoms with E-state index in [9.17, 15) is 0 Å². The molecule has 1 N–H and O–H groups in total. The van der Waals surface area contributed by atoms with Crippen molar-refractivity contribution in [2.75, 3.05) is 0 Å². The second-order valence-electron chi connectivity index (χ2n) is 4.42. The van der Waals surface area contributed by atoms with Crippen LogP contribution in [0.25, 0.3) is 0 Å². The van der Waals surface area contributed by atoms with Gasteiger partial charge in [0.25, 0.3) is 0 Å². The fourth-order valence-corrected chi connectivity index (χ4v) is 2.58. The molecular formula is C10H15N3. The van der Waals surface area contributed by atoms with Crippen molar-refractivity contribution in [2.24, 2.45) is 11.8 Å². The minimum Gasteiger partial charge on any atom is -0.263 e. The molecular weight excluding hydrogens is 162 g/mol. The summed E-state index contributed by atoms with van der Waals surface area (Å²) in [5.74, 6) is 4.82. The zero-order chi connectivity index (χ0) is 8.84. The Morgan fingerprint density at radius 2 is 2.08 bits per heavy atom. The third-order valence-electron chi connectivity index (χ3n) is 3.49. The van der Waals surface area contributed by atoms with Crippen molar-refractivity contribution in [2.45, 2.75) is 38.5 Å². The second-order valence-corrected chi connectivity index (χ2v) is 4.42. The summed E-state index contributed by atoms with van der Waals surface area (Å²) in [6, 6.07) is 0. The third-order valence-corrected chi connectivity index (χ3v) is 3.49. The lowest BCUT2D eigenvalue weighted by Gasteiger charge is -2.04. The summed E-state index contributed by atoms with van der Waals surface area (Å²) in [6.07, 6.45) is 5.12. The summed E-state index contributed by atoms with van der Waals surface area (Å²) in [4.78, 5) is 4.50. The topological polar surface area (TPSA) is 41.6 Å². The average molecular weight is 177 g/mol. The minimum atomic E-state index is 0.667. The molecule has 0 saturated heterocycles. The van der Waals surface area contributed by atoms with Gasteiger partial charge < -0.3 is 0 Å². The quantitative estimate of drug-likeness (QED) is 0.749. The predicted molar refractivity (Wildman–Crippen MR) is 49.3 cm³/mol. The Kier molecular flexibility index (Phi) is 1.49. The molecule has 70 valence electrons. The molecule has 2 atom stereocenters. The van der Waals surface area contributed by atoms with Gasteiger partial charge in [-0.25, -0.2) is 4.98 Å². The number of aromatic amines is 1. The zero-order valence-electron chi connectivity index (χ0n) is 7.95. The number of rotatable bonds is 2. The monoisotopic (exact) mass is 177 g/mol. The molecule has 2 aliphatic carbocycles. The molecule has 0 amide bonds. The molecule has 0 aliphatic heterocycles. The molecule has 13 heavy (non-hydrogen) atoms. The minimum absolute atomic E-state index is 0.667. The van der Waals surface area contributed by atoms with E-state index in [0.717, 1.165) is 29.9 Å². The van der Waals surface area contributed by atoms with Crippen LogP contribution in [0.4, 0.5) is 0 Å². The molecule has 0 bridgehead atoms. The maximum atomic E-state index is 4.50. The Labute approximate surface area is 78.0 Å². The van der Waals surface area contributed by atoms with Crippen LogP contribution in [0.3, 0.4) is 0 Å². The summed E-state index contributed by atoms with van der Waals surface area (Å²) in [7, 11) is 0. The van der Waals surface area contributed by atoms with Crippen molar-refractivity contribution in [3.63, 3.8) is 0 Å². The van der Waals surface area contributed by atoms with Gasteiger partial charge in [0, 0.05) is 12.3 Å². The van der Waals surface area contributed by atoms with E-state index < -0.39 is 0 Å². The van der Waals surface area contributed by atoms with E-state index in [1.165, 1.54) is 19.3 Å². The van der Waals surface area contributed by atoms with Crippen molar-refractivity contribution < 1.29 is 0 Å². The van der Waals surface area contributed by atoms with E-state index >= 15 is 0 Å². The summed E-state index contributed by atoms with van der Waals surface area (Å²) < 4.78 is 0. The molecule has 2 saturated carbocycles. The summed E-state index contributed by atoms with van der Waals surface area (Å²) in [6.45, 7) is 2.11. The Morgan fingerprint density at radius 3 is 2.69 bits per heavy atom. The van der Waals surface area contributed by atoms with Crippen LogP contribution in [-0.2, 0) is 6.42 Å². The Balaban J connectivity index is 1.77. The van der Waals surface area contributed by atoms with Crippen LogP contribution in [-0.4, -0.2) is 15.2 Å². The van der Waals surface area contributed by atoms with Gasteiger partial charge in [-0.1, -0.05) is 6.92 Å². The van der Waals surface area contributed by atoms with Gasteiger partial charge in [-0.15, -0.1) is 0 Å². The van der Waals surface area contributed by atoms with Crippen LogP contribution in [0.2, 0.25) is 0 Å². The van der Waals surface area contributed by atoms with Crippen molar-refractivity contribution in [1.82, 2.24) is 15.2 Å². The Hall–Kier alpha value is -0.860. The van der Waals surface area contributed by atoms with Gasteiger partial charge in [-0.3, -0.25) is 5.10 Å². The fourth-order valence-electron chi connectivity index (χ4n) is 2.58. The fraction of sp³-hybridized carbons (Fsp3) is 0.800. The van der Waals surface area contributed by atoms with Crippen LogP contribution in [0.15, 0.2) is 0 Å². The molecule has 0 spiro atoms. The highest BCUT2D eigenvalue weighted by atomic mass is 15.2. The highest BCUT2D eigenvalue weighted by molar-refractivity contribution is 5.08. The Morgan fingerprint density at radius 1 is 1.31 bits per heavy atom. The average Bonchev–Trinajstić information content (AvgIpc) is 2.67. The van der Waals surface area contributed by atoms with E-state index in [-0.39, 0.29) is 0 Å². The van der Waals surface area contributed by atoms with Crippen molar-refractivity contribution >= 4 is 0 Å². The number of nitrogens with zero attached hydrogens (tertiary/aromatic N) is 2. The molecule has 1 aromatic rings. The molecule has 3 heteroatoms. The predicted octanol–water partition coefficient (Wildman–Crippen LogP) is 1.88. The molecule has 2 fully saturated rings. The first kappa shape index (κ1) is 7.54. The largest absolute Gasteiger partial charge is 0.263 e. The highest BCUT2D eigenvalue weighted by Crippen LogP contribution is 2.56.